The summed E-state index contributed by atoms with van der Waals surface area (Å²) in [7, 11) is 4.27. The fraction of sp³-hybridized carbons (Fsp3) is 1.00. The summed E-state index contributed by atoms with van der Waals surface area (Å²) in [6.07, 6.45) is 3.86. The van der Waals surface area contributed by atoms with E-state index in [1.165, 1.54) is 45.4 Å². The van der Waals surface area contributed by atoms with Gasteiger partial charge in [-0.25, -0.2) is 0 Å². The van der Waals surface area contributed by atoms with Crippen LogP contribution in [0.25, 0.3) is 0 Å². The molecule has 0 rings (SSSR count). The molecule has 0 aromatic carbocycles. The molecule has 0 unspecified atom stereocenters. The van der Waals surface area contributed by atoms with Gasteiger partial charge in [0.2, 0.25) is 0 Å². The first-order chi connectivity index (χ1) is 8.63. The van der Waals surface area contributed by atoms with Gasteiger partial charge in [-0.3, -0.25) is 0 Å². The van der Waals surface area contributed by atoms with E-state index in [2.05, 4.69) is 50.0 Å². The molecule has 0 aliphatic carbocycles. The molecule has 0 heterocycles. The van der Waals surface area contributed by atoms with Gasteiger partial charge in [-0.2, -0.15) is 0 Å². The van der Waals surface area contributed by atoms with Crippen LogP contribution in [0.15, 0.2) is 0 Å². The maximum atomic E-state index is 3.55. The van der Waals surface area contributed by atoms with Crippen LogP contribution in [-0.2, 0) is 0 Å². The highest BCUT2D eigenvalue weighted by Crippen LogP contribution is 2.09. The fourth-order valence-electron chi connectivity index (χ4n) is 2.17. The molecule has 0 fully saturated rings. The monoisotopic (exact) mass is 257 g/mol. The molecule has 0 radical (unpaired) electrons. The van der Waals surface area contributed by atoms with Crippen molar-refractivity contribution in [1.29, 1.82) is 0 Å². The summed E-state index contributed by atoms with van der Waals surface area (Å²) in [5, 5.41) is 3.55. The Balaban J connectivity index is 3.55. The molecule has 0 aromatic heterocycles. The largest absolute Gasteiger partial charge is 0.315 e. The quantitative estimate of drug-likeness (QED) is 0.541. The normalized spacial score (nSPS) is 12.0. The summed E-state index contributed by atoms with van der Waals surface area (Å²) < 4.78 is 0. The van der Waals surface area contributed by atoms with Gasteiger partial charge in [0.05, 0.1) is 0 Å². The van der Waals surface area contributed by atoms with E-state index in [9.17, 15) is 0 Å². The van der Waals surface area contributed by atoms with Gasteiger partial charge >= 0.3 is 0 Å². The van der Waals surface area contributed by atoms with Gasteiger partial charge in [0, 0.05) is 19.6 Å². The lowest BCUT2D eigenvalue weighted by Crippen LogP contribution is -2.36. The van der Waals surface area contributed by atoms with Crippen molar-refractivity contribution in [3.63, 3.8) is 0 Å². The van der Waals surface area contributed by atoms with Gasteiger partial charge < -0.3 is 15.1 Å². The van der Waals surface area contributed by atoms with E-state index in [4.69, 9.17) is 0 Å². The zero-order valence-corrected chi connectivity index (χ0v) is 13.3. The number of hydrogen-bond donors (Lipinski definition) is 1. The van der Waals surface area contributed by atoms with Crippen LogP contribution in [0.1, 0.15) is 40.0 Å². The summed E-state index contributed by atoms with van der Waals surface area (Å²) in [5.74, 6) is 0.874. The molecule has 0 atom stereocenters. The van der Waals surface area contributed by atoms with Crippen LogP contribution in [0.4, 0.5) is 0 Å². The van der Waals surface area contributed by atoms with Crippen LogP contribution in [0.5, 0.6) is 0 Å². The lowest BCUT2D eigenvalue weighted by atomic mass is 10.0. The van der Waals surface area contributed by atoms with Gasteiger partial charge in [-0.15, -0.1) is 0 Å². The first kappa shape index (κ1) is 17.9. The predicted octanol–water partition coefficient (Wildman–Crippen LogP) is 2.29. The molecule has 1 N–H and O–H groups in total. The average Bonchev–Trinajstić information content (AvgIpc) is 2.37. The van der Waals surface area contributed by atoms with Crippen molar-refractivity contribution >= 4 is 0 Å². The molecule has 18 heavy (non-hydrogen) atoms. The third-order valence-corrected chi connectivity index (χ3v) is 3.68. The van der Waals surface area contributed by atoms with Crippen LogP contribution in [0.3, 0.4) is 0 Å². The van der Waals surface area contributed by atoms with Gasteiger partial charge in [0.1, 0.15) is 0 Å². The molecule has 0 bridgehead atoms. The summed E-state index contributed by atoms with van der Waals surface area (Å²) >= 11 is 0. The SMILES string of the molecule is CCC(CC)CN(CC)CCNCCCN(C)C. The molecule has 0 aromatic rings. The van der Waals surface area contributed by atoms with Crippen molar-refractivity contribution in [3.05, 3.63) is 0 Å². The van der Waals surface area contributed by atoms with Crippen molar-refractivity contribution in [2.75, 3.05) is 53.4 Å². The Morgan fingerprint density at radius 2 is 1.61 bits per heavy atom. The smallest absolute Gasteiger partial charge is 0.0107 e. The van der Waals surface area contributed by atoms with Gasteiger partial charge in [0.15, 0.2) is 0 Å². The van der Waals surface area contributed by atoms with E-state index in [0.29, 0.717) is 0 Å². The summed E-state index contributed by atoms with van der Waals surface area (Å²) in [4.78, 5) is 4.82. The Kier molecular flexibility index (Phi) is 11.9. The maximum Gasteiger partial charge on any atom is 0.0107 e. The number of nitrogens with one attached hydrogen (secondary N) is 1. The minimum Gasteiger partial charge on any atom is -0.315 e. The summed E-state index contributed by atoms with van der Waals surface area (Å²) in [5.41, 5.74) is 0. The molecular formula is C15H35N3. The first-order valence-corrected chi connectivity index (χ1v) is 7.71. The van der Waals surface area contributed by atoms with Crippen LogP contribution < -0.4 is 5.32 Å². The molecular weight excluding hydrogens is 222 g/mol. The van der Waals surface area contributed by atoms with E-state index in [1.807, 2.05) is 0 Å². The third-order valence-electron chi connectivity index (χ3n) is 3.68. The third kappa shape index (κ3) is 9.86. The molecule has 0 amide bonds. The van der Waals surface area contributed by atoms with Crippen LogP contribution in [0.2, 0.25) is 0 Å². The number of hydrogen-bond acceptors (Lipinski definition) is 3. The molecule has 0 spiro atoms. The molecule has 0 aliphatic rings. The first-order valence-electron chi connectivity index (χ1n) is 7.71. The Hall–Kier alpha value is -0.120. The molecule has 0 saturated carbocycles. The highest BCUT2D eigenvalue weighted by atomic mass is 15.1. The van der Waals surface area contributed by atoms with Gasteiger partial charge in [-0.05, 0) is 46.1 Å². The van der Waals surface area contributed by atoms with Crippen molar-refractivity contribution in [2.24, 2.45) is 5.92 Å². The lowest BCUT2D eigenvalue weighted by Gasteiger charge is -2.25. The minimum absolute atomic E-state index is 0.874. The van der Waals surface area contributed by atoms with Crippen LogP contribution in [-0.4, -0.2) is 63.2 Å². The van der Waals surface area contributed by atoms with E-state index < -0.39 is 0 Å². The molecule has 110 valence electrons. The highest BCUT2D eigenvalue weighted by Gasteiger charge is 2.09. The highest BCUT2D eigenvalue weighted by molar-refractivity contribution is 4.64. The van der Waals surface area contributed by atoms with Crippen molar-refractivity contribution < 1.29 is 0 Å². The second kappa shape index (κ2) is 11.9. The second-order valence-corrected chi connectivity index (χ2v) is 5.48. The van der Waals surface area contributed by atoms with E-state index in [0.717, 1.165) is 19.0 Å². The minimum atomic E-state index is 0.874. The average molecular weight is 257 g/mol. The van der Waals surface area contributed by atoms with Crippen molar-refractivity contribution in [3.8, 4) is 0 Å². The molecule has 3 heteroatoms. The van der Waals surface area contributed by atoms with Crippen LogP contribution >= 0.6 is 0 Å². The Morgan fingerprint density at radius 3 is 2.11 bits per heavy atom. The molecule has 3 nitrogen and oxygen atoms in total. The van der Waals surface area contributed by atoms with Crippen molar-refractivity contribution in [1.82, 2.24) is 15.1 Å². The Bertz CT molecular complexity index is 167. The number of nitrogens with zero attached hydrogens (tertiary/aromatic N) is 2. The standard InChI is InChI=1S/C15H35N3/c1-6-15(7-2)14-18(8-3)13-11-16-10-9-12-17(4)5/h15-16H,6-14H2,1-5H3. The predicted molar refractivity (Wildman–Crippen MR) is 82.2 cm³/mol. The Morgan fingerprint density at radius 1 is 0.944 bits per heavy atom. The zero-order chi connectivity index (χ0) is 13.8. The number of rotatable bonds is 12. The van der Waals surface area contributed by atoms with Gasteiger partial charge in [0.25, 0.3) is 0 Å². The van der Waals surface area contributed by atoms with Crippen LogP contribution in [0, 0.1) is 5.92 Å². The Labute approximate surface area is 115 Å². The fourth-order valence-corrected chi connectivity index (χ4v) is 2.17. The maximum absolute atomic E-state index is 3.55. The molecule has 0 saturated heterocycles. The lowest BCUT2D eigenvalue weighted by molar-refractivity contribution is 0.233. The number of likely N-dealkylation sites (N-methyl/N-ethyl adjacent to an activating group) is 1. The second-order valence-electron chi connectivity index (χ2n) is 5.48. The molecule has 0 aliphatic heterocycles. The topological polar surface area (TPSA) is 18.5 Å². The van der Waals surface area contributed by atoms with Crippen molar-refractivity contribution in [2.45, 2.75) is 40.0 Å². The zero-order valence-electron chi connectivity index (χ0n) is 13.3. The van der Waals surface area contributed by atoms with E-state index in [1.54, 1.807) is 0 Å². The summed E-state index contributed by atoms with van der Waals surface area (Å²) in [6, 6.07) is 0. The summed E-state index contributed by atoms with van der Waals surface area (Å²) in [6.45, 7) is 14.0. The van der Waals surface area contributed by atoms with E-state index >= 15 is 0 Å². The van der Waals surface area contributed by atoms with E-state index in [-0.39, 0.29) is 0 Å². The van der Waals surface area contributed by atoms with Gasteiger partial charge in [-0.1, -0.05) is 33.6 Å².